The van der Waals surface area contributed by atoms with Crippen LogP contribution in [-0.2, 0) is 11.3 Å². The number of aliphatic hydroxyl groups excluding tert-OH is 1. The molecule has 1 N–H and O–H groups in total. The van der Waals surface area contributed by atoms with Crippen molar-refractivity contribution in [3.8, 4) is 0 Å². The summed E-state index contributed by atoms with van der Waals surface area (Å²) in [7, 11) is 0. The van der Waals surface area contributed by atoms with Crippen LogP contribution in [0.3, 0.4) is 0 Å². The number of morpholine rings is 1. The first-order valence-corrected chi connectivity index (χ1v) is 7.92. The van der Waals surface area contributed by atoms with E-state index in [1.165, 1.54) is 6.07 Å². The second-order valence-corrected chi connectivity index (χ2v) is 6.04. The van der Waals surface area contributed by atoms with Gasteiger partial charge in [0.1, 0.15) is 17.7 Å². The molecule has 1 aromatic heterocycles. The van der Waals surface area contributed by atoms with Crippen molar-refractivity contribution in [1.29, 1.82) is 0 Å². The van der Waals surface area contributed by atoms with Crippen LogP contribution >= 0.6 is 0 Å². The predicted octanol–water partition coefficient (Wildman–Crippen LogP) is 3.05. The third-order valence-electron chi connectivity index (χ3n) is 4.40. The van der Waals surface area contributed by atoms with Gasteiger partial charge in [0, 0.05) is 19.1 Å². The fraction of sp³-hybridized carbons (Fsp3) is 0.444. The highest BCUT2D eigenvalue weighted by Gasteiger charge is 2.27. The largest absolute Gasteiger partial charge is 0.467 e. The Labute approximate surface area is 135 Å². The molecule has 124 valence electrons. The maximum Gasteiger partial charge on any atom is 0.132 e. The Morgan fingerprint density at radius 3 is 3.04 bits per heavy atom. The fourth-order valence-electron chi connectivity index (χ4n) is 3.00. The Balaban J connectivity index is 1.70. The van der Waals surface area contributed by atoms with Crippen molar-refractivity contribution >= 4 is 0 Å². The van der Waals surface area contributed by atoms with Crippen molar-refractivity contribution in [3.63, 3.8) is 0 Å². The van der Waals surface area contributed by atoms with Crippen molar-refractivity contribution in [2.75, 3.05) is 19.8 Å². The Morgan fingerprint density at radius 1 is 1.39 bits per heavy atom. The van der Waals surface area contributed by atoms with E-state index in [-0.39, 0.29) is 11.9 Å². The summed E-state index contributed by atoms with van der Waals surface area (Å²) in [5.41, 5.74) is 2.05. The molecule has 23 heavy (non-hydrogen) atoms. The number of halogens is 1. The monoisotopic (exact) mass is 319 g/mol. The molecule has 1 saturated heterocycles. The second kappa shape index (κ2) is 7.25. The molecule has 3 rings (SSSR count). The molecule has 4 nitrogen and oxygen atoms in total. The lowest BCUT2D eigenvalue weighted by Gasteiger charge is -2.36. The average Bonchev–Trinajstić information content (AvgIpc) is 3.07. The maximum atomic E-state index is 13.5. The van der Waals surface area contributed by atoms with Crippen LogP contribution in [-0.4, -0.2) is 35.8 Å². The van der Waals surface area contributed by atoms with Gasteiger partial charge in [0.05, 0.1) is 19.5 Å². The molecule has 1 aliphatic rings. The van der Waals surface area contributed by atoms with Crippen LogP contribution in [0.25, 0.3) is 0 Å². The number of benzene rings is 1. The van der Waals surface area contributed by atoms with E-state index in [2.05, 4.69) is 4.90 Å². The van der Waals surface area contributed by atoms with E-state index in [0.29, 0.717) is 31.9 Å². The summed E-state index contributed by atoms with van der Waals surface area (Å²) in [6.45, 7) is 4.63. The van der Waals surface area contributed by atoms with Crippen molar-refractivity contribution in [3.05, 3.63) is 59.3 Å². The molecule has 1 aromatic carbocycles. The molecule has 1 fully saturated rings. The standard InChI is InChI=1S/C18H22FNO3/c1-13-4-5-15(19)9-14(13)11-20-6-8-22-12-16(20)10-17(21)18-3-2-7-23-18/h2-5,7,9,16-17,21H,6,8,10-12H2,1H3/t16-,17-/m1/s1. The van der Waals surface area contributed by atoms with E-state index >= 15 is 0 Å². The zero-order valence-electron chi connectivity index (χ0n) is 13.2. The molecular weight excluding hydrogens is 297 g/mol. The highest BCUT2D eigenvalue weighted by atomic mass is 19.1. The molecule has 2 atom stereocenters. The van der Waals surface area contributed by atoms with Gasteiger partial charge in [0.15, 0.2) is 0 Å². The number of hydrogen-bond donors (Lipinski definition) is 1. The highest BCUT2D eigenvalue weighted by Crippen LogP contribution is 2.25. The number of aryl methyl sites for hydroxylation is 1. The van der Waals surface area contributed by atoms with E-state index in [4.69, 9.17) is 9.15 Å². The van der Waals surface area contributed by atoms with E-state index in [1.807, 2.05) is 6.92 Å². The molecular formula is C18H22FNO3. The van der Waals surface area contributed by atoms with Crippen molar-refractivity contribution in [2.24, 2.45) is 0 Å². The Bertz CT molecular complexity index is 629. The van der Waals surface area contributed by atoms with E-state index in [0.717, 1.165) is 17.7 Å². The van der Waals surface area contributed by atoms with E-state index < -0.39 is 6.10 Å². The number of hydrogen-bond acceptors (Lipinski definition) is 4. The number of rotatable bonds is 5. The minimum absolute atomic E-state index is 0.0755. The summed E-state index contributed by atoms with van der Waals surface area (Å²) in [4.78, 5) is 2.25. The quantitative estimate of drug-likeness (QED) is 0.920. The average molecular weight is 319 g/mol. The molecule has 0 unspecified atom stereocenters. The zero-order valence-corrected chi connectivity index (χ0v) is 13.2. The predicted molar refractivity (Wildman–Crippen MR) is 84.4 cm³/mol. The van der Waals surface area contributed by atoms with Crippen LogP contribution in [0.5, 0.6) is 0 Å². The van der Waals surface area contributed by atoms with Gasteiger partial charge in [-0.3, -0.25) is 4.90 Å². The minimum atomic E-state index is -0.659. The van der Waals surface area contributed by atoms with Gasteiger partial charge in [-0.2, -0.15) is 0 Å². The molecule has 2 heterocycles. The smallest absolute Gasteiger partial charge is 0.132 e. The van der Waals surface area contributed by atoms with Gasteiger partial charge in [-0.05, 0) is 48.7 Å². The zero-order chi connectivity index (χ0) is 16.2. The van der Waals surface area contributed by atoms with Crippen LogP contribution in [0.15, 0.2) is 41.0 Å². The van der Waals surface area contributed by atoms with Gasteiger partial charge in [-0.15, -0.1) is 0 Å². The SMILES string of the molecule is Cc1ccc(F)cc1CN1CCOC[C@H]1C[C@@H](O)c1ccco1. The van der Waals surface area contributed by atoms with Crippen LogP contribution in [0.2, 0.25) is 0 Å². The Morgan fingerprint density at radius 2 is 2.26 bits per heavy atom. The number of furan rings is 1. The molecule has 0 saturated carbocycles. The molecule has 0 bridgehead atoms. The van der Waals surface area contributed by atoms with Gasteiger partial charge in [-0.25, -0.2) is 4.39 Å². The van der Waals surface area contributed by atoms with Crippen LogP contribution in [0, 0.1) is 12.7 Å². The van der Waals surface area contributed by atoms with Crippen molar-refractivity contribution < 1.29 is 18.7 Å². The first-order chi connectivity index (χ1) is 11.1. The molecule has 0 aliphatic carbocycles. The summed E-state index contributed by atoms with van der Waals surface area (Å²) >= 11 is 0. The lowest BCUT2D eigenvalue weighted by Crippen LogP contribution is -2.45. The number of nitrogens with zero attached hydrogens (tertiary/aromatic N) is 1. The highest BCUT2D eigenvalue weighted by molar-refractivity contribution is 5.26. The van der Waals surface area contributed by atoms with Crippen molar-refractivity contribution in [2.45, 2.75) is 32.0 Å². The first-order valence-electron chi connectivity index (χ1n) is 7.92. The lowest BCUT2D eigenvalue weighted by molar-refractivity contribution is -0.0324. The third kappa shape index (κ3) is 3.99. The summed E-state index contributed by atoms with van der Waals surface area (Å²) in [6.07, 6.45) is 1.43. The first kappa shape index (κ1) is 16.2. The molecule has 0 spiro atoms. The summed E-state index contributed by atoms with van der Waals surface area (Å²) in [5.74, 6) is 0.350. The molecule has 0 radical (unpaired) electrons. The van der Waals surface area contributed by atoms with Gasteiger partial charge in [0.2, 0.25) is 0 Å². The molecule has 0 amide bonds. The Hall–Kier alpha value is -1.69. The summed E-state index contributed by atoms with van der Waals surface area (Å²) in [5, 5.41) is 10.3. The Kier molecular flexibility index (Phi) is 5.10. The minimum Gasteiger partial charge on any atom is -0.467 e. The molecule has 1 aliphatic heterocycles. The van der Waals surface area contributed by atoms with Gasteiger partial charge in [0.25, 0.3) is 0 Å². The number of aliphatic hydroxyl groups is 1. The maximum absolute atomic E-state index is 13.5. The van der Waals surface area contributed by atoms with Gasteiger partial charge >= 0.3 is 0 Å². The van der Waals surface area contributed by atoms with E-state index in [9.17, 15) is 9.50 Å². The van der Waals surface area contributed by atoms with Gasteiger partial charge in [-0.1, -0.05) is 6.07 Å². The van der Waals surface area contributed by atoms with Gasteiger partial charge < -0.3 is 14.3 Å². The second-order valence-electron chi connectivity index (χ2n) is 6.04. The third-order valence-corrected chi connectivity index (χ3v) is 4.40. The normalized spacial score (nSPS) is 20.6. The van der Waals surface area contributed by atoms with E-state index in [1.54, 1.807) is 30.5 Å². The van der Waals surface area contributed by atoms with Crippen LogP contribution < -0.4 is 0 Å². The molecule has 5 heteroatoms. The summed E-state index contributed by atoms with van der Waals surface area (Å²) < 4.78 is 24.3. The van der Waals surface area contributed by atoms with Crippen molar-refractivity contribution in [1.82, 2.24) is 4.90 Å². The number of ether oxygens (including phenoxy) is 1. The summed E-state index contributed by atoms with van der Waals surface area (Å²) in [6, 6.07) is 8.49. The van der Waals surface area contributed by atoms with Crippen LogP contribution in [0.1, 0.15) is 29.4 Å². The fourth-order valence-corrected chi connectivity index (χ4v) is 3.00. The topological polar surface area (TPSA) is 45.8 Å². The molecule has 2 aromatic rings. The van der Waals surface area contributed by atoms with Crippen LogP contribution in [0.4, 0.5) is 4.39 Å². The lowest BCUT2D eigenvalue weighted by atomic mass is 10.0.